The first kappa shape index (κ1) is 17.8. The Kier molecular flexibility index (Phi) is 5.33. The lowest BCUT2D eigenvalue weighted by molar-refractivity contribution is -0.116. The smallest absolute Gasteiger partial charge is 0.224 e. The summed E-state index contributed by atoms with van der Waals surface area (Å²) in [5, 5.41) is 8.10. The van der Waals surface area contributed by atoms with Crippen molar-refractivity contribution in [2.75, 3.05) is 23.3 Å². The second kappa shape index (κ2) is 7.48. The number of carbonyl (C=O) groups excluding carboxylic acids is 1. The quantitative estimate of drug-likeness (QED) is 0.880. The van der Waals surface area contributed by atoms with E-state index in [0.29, 0.717) is 17.9 Å². The highest BCUT2D eigenvalue weighted by Crippen LogP contribution is 2.31. The molecule has 0 aliphatic carbocycles. The van der Waals surface area contributed by atoms with Crippen LogP contribution in [0.1, 0.15) is 36.2 Å². The fourth-order valence-corrected chi connectivity index (χ4v) is 3.64. The molecule has 1 aliphatic heterocycles. The van der Waals surface area contributed by atoms with Crippen LogP contribution in [0.4, 0.5) is 11.4 Å². The summed E-state index contributed by atoms with van der Waals surface area (Å²) >= 11 is 6.14. The van der Waals surface area contributed by atoms with Crippen molar-refractivity contribution >= 4 is 28.9 Å². The van der Waals surface area contributed by atoms with Crippen LogP contribution in [-0.2, 0) is 18.3 Å². The lowest BCUT2D eigenvalue weighted by Gasteiger charge is -2.22. The molecule has 3 rings (SSSR count). The van der Waals surface area contributed by atoms with Gasteiger partial charge < -0.3 is 10.2 Å². The number of hydrogen-bond acceptors (Lipinski definition) is 3. The first-order chi connectivity index (χ1) is 12.0. The van der Waals surface area contributed by atoms with Gasteiger partial charge in [-0.1, -0.05) is 11.6 Å². The molecule has 1 aromatic heterocycles. The predicted octanol–water partition coefficient (Wildman–Crippen LogP) is 3.86. The molecule has 1 amide bonds. The molecule has 1 fully saturated rings. The summed E-state index contributed by atoms with van der Waals surface area (Å²) in [6, 6.07) is 5.72. The number of hydrogen-bond donors (Lipinski definition) is 1. The normalized spacial score (nSPS) is 14.2. The topological polar surface area (TPSA) is 50.2 Å². The maximum Gasteiger partial charge on any atom is 0.224 e. The van der Waals surface area contributed by atoms with Crippen LogP contribution in [-0.4, -0.2) is 28.8 Å². The van der Waals surface area contributed by atoms with E-state index in [4.69, 9.17) is 11.6 Å². The molecule has 25 heavy (non-hydrogen) atoms. The van der Waals surface area contributed by atoms with Crippen molar-refractivity contribution in [3.63, 3.8) is 0 Å². The number of aryl methyl sites for hydroxylation is 2. The van der Waals surface area contributed by atoms with E-state index in [-0.39, 0.29) is 5.91 Å². The average Bonchev–Trinajstić information content (AvgIpc) is 3.16. The number of rotatable bonds is 5. The van der Waals surface area contributed by atoms with Gasteiger partial charge in [-0.2, -0.15) is 5.10 Å². The van der Waals surface area contributed by atoms with Crippen molar-refractivity contribution < 1.29 is 4.79 Å². The van der Waals surface area contributed by atoms with Gasteiger partial charge in [0.25, 0.3) is 0 Å². The van der Waals surface area contributed by atoms with E-state index in [2.05, 4.69) is 15.3 Å². The number of carbonyl (C=O) groups is 1. The minimum Gasteiger partial charge on any atom is -0.370 e. The van der Waals surface area contributed by atoms with Gasteiger partial charge in [0.2, 0.25) is 5.91 Å². The Labute approximate surface area is 154 Å². The fraction of sp³-hybridized carbons (Fsp3) is 0.474. The van der Waals surface area contributed by atoms with Gasteiger partial charge in [0.05, 0.1) is 17.1 Å². The number of nitrogens with one attached hydrogen (secondary N) is 1. The summed E-state index contributed by atoms with van der Waals surface area (Å²) in [5.74, 6) is 0.00497. The third kappa shape index (κ3) is 3.98. The van der Waals surface area contributed by atoms with Crippen LogP contribution in [0.5, 0.6) is 0 Å². The standard InChI is InChI=1S/C19H25ClN4O/c1-13-16(14(2)23(3)22-13)7-9-19(25)21-17-12-15(20)6-8-18(17)24-10-4-5-11-24/h6,8,12H,4-5,7,9-11H2,1-3H3,(H,21,25). The predicted molar refractivity (Wildman–Crippen MR) is 103 cm³/mol. The molecule has 0 radical (unpaired) electrons. The highest BCUT2D eigenvalue weighted by atomic mass is 35.5. The van der Waals surface area contributed by atoms with E-state index in [9.17, 15) is 4.79 Å². The fourth-order valence-electron chi connectivity index (χ4n) is 3.47. The zero-order chi connectivity index (χ0) is 18.0. The van der Waals surface area contributed by atoms with Crippen LogP contribution >= 0.6 is 11.6 Å². The molecule has 1 aliphatic rings. The molecule has 2 heterocycles. The third-order valence-electron chi connectivity index (χ3n) is 4.94. The molecule has 1 N–H and O–H groups in total. The number of halogens is 1. The largest absolute Gasteiger partial charge is 0.370 e. The van der Waals surface area contributed by atoms with Crippen molar-refractivity contribution in [2.45, 2.75) is 39.5 Å². The summed E-state index contributed by atoms with van der Waals surface area (Å²) < 4.78 is 1.87. The van der Waals surface area contributed by atoms with Crippen LogP contribution in [0, 0.1) is 13.8 Å². The Morgan fingerprint density at radius 1 is 1.28 bits per heavy atom. The average molecular weight is 361 g/mol. The number of nitrogens with zero attached hydrogens (tertiary/aromatic N) is 3. The summed E-state index contributed by atoms with van der Waals surface area (Å²) in [7, 11) is 1.93. The Morgan fingerprint density at radius 3 is 2.64 bits per heavy atom. The molecule has 2 aromatic rings. The summed E-state index contributed by atoms with van der Waals surface area (Å²) in [4.78, 5) is 14.8. The highest BCUT2D eigenvalue weighted by molar-refractivity contribution is 6.31. The lowest BCUT2D eigenvalue weighted by atomic mass is 10.1. The molecule has 0 spiro atoms. The first-order valence-corrected chi connectivity index (χ1v) is 9.17. The van der Waals surface area contributed by atoms with Crippen LogP contribution in [0.2, 0.25) is 5.02 Å². The summed E-state index contributed by atoms with van der Waals surface area (Å²) in [6.07, 6.45) is 3.50. The minimum atomic E-state index is 0.00497. The van der Waals surface area contributed by atoms with Crippen LogP contribution in [0.15, 0.2) is 18.2 Å². The van der Waals surface area contributed by atoms with E-state index in [1.807, 2.05) is 43.8 Å². The maximum absolute atomic E-state index is 12.5. The number of amides is 1. The van der Waals surface area contributed by atoms with Gasteiger partial charge in [-0.05, 0) is 56.9 Å². The van der Waals surface area contributed by atoms with Crippen molar-refractivity contribution in [2.24, 2.45) is 7.05 Å². The Morgan fingerprint density at radius 2 is 2.00 bits per heavy atom. The van der Waals surface area contributed by atoms with Gasteiger partial charge in [0.1, 0.15) is 0 Å². The number of anilines is 2. The molecule has 1 saturated heterocycles. The van der Waals surface area contributed by atoms with E-state index >= 15 is 0 Å². The van der Waals surface area contributed by atoms with E-state index < -0.39 is 0 Å². The van der Waals surface area contributed by atoms with Crippen molar-refractivity contribution in [1.29, 1.82) is 0 Å². The lowest BCUT2D eigenvalue weighted by Crippen LogP contribution is -2.21. The summed E-state index contributed by atoms with van der Waals surface area (Å²) in [6.45, 7) is 6.08. The summed E-state index contributed by atoms with van der Waals surface area (Å²) in [5.41, 5.74) is 5.13. The Hall–Kier alpha value is -2.01. The van der Waals surface area contributed by atoms with Crippen molar-refractivity contribution in [3.8, 4) is 0 Å². The highest BCUT2D eigenvalue weighted by Gasteiger charge is 2.18. The molecule has 0 bridgehead atoms. The van der Waals surface area contributed by atoms with Gasteiger partial charge in [-0.15, -0.1) is 0 Å². The molecule has 1 aromatic carbocycles. The molecule has 134 valence electrons. The number of aromatic nitrogens is 2. The van der Waals surface area contributed by atoms with Gasteiger partial charge in [0, 0.05) is 37.3 Å². The zero-order valence-electron chi connectivity index (χ0n) is 15.1. The Balaban J connectivity index is 1.69. The van der Waals surface area contributed by atoms with E-state index in [1.54, 1.807) is 0 Å². The molecule has 0 atom stereocenters. The maximum atomic E-state index is 12.5. The number of benzene rings is 1. The van der Waals surface area contributed by atoms with Crippen molar-refractivity contribution in [1.82, 2.24) is 9.78 Å². The third-order valence-corrected chi connectivity index (χ3v) is 5.18. The molecule has 5 nitrogen and oxygen atoms in total. The van der Waals surface area contributed by atoms with Crippen LogP contribution < -0.4 is 10.2 Å². The molecule has 0 unspecified atom stereocenters. The Bertz CT molecular complexity index is 778. The monoisotopic (exact) mass is 360 g/mol. The van der Waals surface area contributed by atoms with E-state index in [1.165, 1.54) is 12.8 Å². The minimum absolute atomic E-state index is 0.00497. The molecule has 0 saturated carbocycles. The van der Waals surface area contributed by atoms with Crippen LogP contribution in [0.25, 0.3) is 0 Å². The zero-order valence-corrected chi connectivity index (χ0v) is 15.9. The molecular weight excluding hydrogens is 336 g/mol. The molecule has 6 heteroatoms. The second-order valence-corrected chi connectivity index (χ2v) is 7.11. The van der Waals surface area contributed by atoms with Gasteiger partial charge in [-0.25, -0.2) is 0 Å². The van der Waals surface area contributed by atoms with Gasteiger partial charge >= 0.3 is 0 Å². The van der Waals surface area contributed by atoms with Gasteiger partial charge in [0.15, 0.2) is 0 Å². The van der Waals surface area contributed by atoms with Crippen molar-refractivity contribution in [3.05, 3.63) is 40.2 Å². The first-order valence-electron chi connectivity index (χ1n) is 8.79. The van der Waals surface area contributed by atoms with Gasteiger partial charge in [-0.3, -0.25) is 9.48 Å². The second-order valence-electron chi connectivity index (χ2n) is 6.68. The SMILES string of the molecule is Cc1nn(C)c(C)c1CCC(=O)Nc1cc(Cl)ccc1N1CCCC1. The molecular formula is C19H25ClN4O. The van der Waals surface area contributed by atoms with E-state index in [0.717, 1.165) is 41.4 Å². The van der Waals surface area contributed by atoms with Crippen LogP contribution in [0.3, 0.4) is 0 Å².